The minimum absolute atomic E-state index is 0.173. The molecule has 1 saturated heterocycles. The number of unbranched alkanes of at least 4 members (excludes halogenated alkanes) is 38. The van der Waals surface area contributed by atoms with E-state index in [0.717, 1.165) is 38.5 Å². The maximum Gasteiger partial charge on any atom is 0.306 e. The van der Waals surface area contributed by atoms with E-state index < -0.39 is 71.2 Å². The third-order valence-electron chi connectivity index (χ3n) is 13.7. The lowest BCUT2D eigenvalue weighted by molar-refractivity contribution is -0.297. The van der Waals surface area contributed by atoms with Crippen LogP contribution >= 0.6 is 0 Å². The van der Waals surface area contributed by atoms with E-state index in [1.165, 1.54) is 205 Å². The van der Waals surface area contributed by atoms with Crippen molar-refractivity contribution in [3.63, 3.8) is 0 Å². The van der Waals surface area contributed by atoms with Crippen LogP contribution in [0.2, 0.25) is 0 Å². The predicted molar refractivity (Wildman–Crippen MR) is 275 cm³/mol. The van der Waals surface area contributed by atoms with Crippen molar-refractivity contribution in [1.29, 1.82) is 0 Å². The molecule has 404 valence electrons. The summed E-state index contributed by atoms with van der Waals surface area (Å²) in [4.78, 5) is 25.6. The molecule has 1 rings (SSSR count). The Hall–Kier alpha value is -1.35. The van der Waals surface area contributed by atoms with E-state index in [-0.39, 0.29) is 19.4 Å². The number of carbonyl (C=O) groups excluding carboxylic acids is 2. The Bertz CT molecular complexity index is 1250. The zero-order valence-corrected chi connectivity index (χ0v) is 44.6. The van der Waals surface area contributed by atoms with Crippen LogP contribution in [0.1, 0.15) is 284 Å². The molecule has 0 aromatic heterocycles. The topological polar surface area (TPSA) is 186 Å². The molecule has 0 aliphatic carbocycles. The predicted octanol–water partition coefficient (Wildman–Crippen LogP) is 13.6. The summed E-state index contributed by atoms with van der Waals surface area (Å²) < 4.78 is 54.4. The number of ether oxygens (including phenoxy) is 4. The van der Waals surface area contributed by atoms with Gasteiger partial charge in [-0.1, -0.05) is 258 Å². The van der Waals surface area contributed by atoms with Crippen LogP contribution in [0.4, 0.5) is 0 Å². The van der Waals surface area contributed by atoms with E-state index in [4.69, 9.17) is 18.9 Å². The van der Waals surface area contributed by atoms with Crippen LogP contribution in [-0.2, 0) is 38.7 Å². The normalized spacial score (nSPS) is 19.1. The zero-order valence-electron chi connectivity index (χ0n) is 43.7. The molecule has 4 N–H and O–H groups in total. The quantitative estimate of drug-likeness (QED) is 0.0257. The summed E-state index contributed by atoms with van der Waals surface area (Å²) in [6, 6.07) is 0. The van der Waals surface area contributed by atoms with Crippen LogP contribution in [0.15, 0.2) is 0 Å². The maximum atomic E-state index is 12.9. The van der Waals surface area contributed by atoms with Crippen molar-refractivity contribution in [1.82, 2.24) is 0 Å². The summed E-state index contributed by atoms with van der Waals surface area (Å²) in [6.07, 6.45) is 41.4. The van der Waals surface area contributed by atoms with Crippen molar-refractivity contribution in [2.24, 2.45) is 0 Å². The molecule has 0 amide bonds. The second-order valence-corrected chi connectivity index (χ2v) is 21.8. The minimum Gasteiger partial charge on any atom is -0.462 e. The fourth-order valence-corrected chi connectivity index (χ4v) is 9.96. The first-order valence-corrected chi connectivity index (χ1v) is 30.2. The molecule has 0 bridgehead atoms. The van der Waals surface area contributed by atoms with Gasteiger partial charge in [0.05, 0.1) is 6.61 Å². The van der Waals surface area contributed by atoms with E-state index in [1.54, 1.807) is 0 Å². The number of esters is 2. The van der Waals surface area contributed by atoms with Crippen LogP contribution in [0.25, 0.3) is 0 Å². The molecule has 0 radical (unpaired) electrons. The van der Waals surface area contributed by atoms with Gasteiger partial charge in [0.1, 0.15) is 36.8 Å². The number of carbonyl (C=O) groups is 2. The second-order valence-electron chi connectivity index (χ2n) is 20.3. The molecule has 0 saturated carbocycles. The standard InChI is InChI=1S/C55H106O12S/c1-3-5-7-9-11-13-15-17-19-21-23-25-27-29-31-33-35-37-39-41-43-50(56)64-45-48(46-65-55-54(60)53(59)52(58)49(67-55)47-68(61,62)63)66-51(57)44-42-40-38-36-34-32-30-28-26-24-22-20-18-16-14-12-10-8-6-4-2/h48-49,52-55,58-60H,3-47H2,1-2H3,(H,61,62,63)/t48-,49-,52-,53?,54?,55+/m1/s1. The summed E-state index contributed by atoms with van der Waals surface area (Å²) >= 11 is 0. The van der Waals surface area contributed by atoms with Gasteiger partial charge in [-0.15, -0.1) is 0 Å². The monoisotopic (exact) mass is 991 g/mol. The average Bonchev–Trinajstić information content (AvgIpc) is 3.31. The van der Waals surface area contributed by atoms with Gasteiger partial charge in [-0.2, -0.15) is 8.42 Å². The van der Waals surface area contributed by atoms with Crippen molar-refractivity contribution < 1.29 is 56.8 Å². The van der Waals surface area contributed by atoms with Gasteiger partial charge < -0.3 is 34.3 Å². The Balaban J connectivity index is 2.30. The average molecular weight is 992 g/mol. The molecule has 1 aliphatic heterocycles. The Morgan fingerprint density at radius 3 is 1.07 bits per heavy atom. The molecule has 2 unspecified atom stereocenters. The van der Waals surface area contributed by atoms with Crippen molar-refractivity contribution in [3.8, 4) is 0 Å². The van der Waals surface area contributed by atoms with Crippen LogP contribution < -0.4 is 0 Å². The molecule has 6 atom stereocenters. The zero-order chi connectivity index (χ0) is 49.8. The molecule has 1 fully saturated rings. The van der Waals surface area contributed by atoms with Crippen molar-refractivity contribution in [2.75, 3.05) is 19.0 Å². The molecule has 0 aromatic carbocycles. The highest BCUT2D eigenvalue weighted by atomic mass is 32.2. The largest absolute Gasteiger partial charge is 0.462 e. The fraction of sp³-hybridized carbons (Fsp3) is 0.964. The fourth-order valence-electron chi connectivity index (χ4n) is 9.27. The Kier molecular flexibility index (Phi) is 43.3. The number of rotatable bonds is 50. The molecule has 68 heavy (non-hydrogen) atoms. The van der Waals surface area contributed by atoms with Gasteiger partial charge >= 0.3 is 11.9 Å². The summed E-state index contributed by atoms with van der Waals surface area (Å²) in [5, 5.41) is 31.0. The van der Waals surface area contributed by atoms with Gasteiger partial charge in [0, 0.05) is 12.8 Å². The van der Waals surface area contributed by atoms with Crippen molar-refractivity contribution in [3.05, 3.63) is 0 Å². The lowest BCUT2D eigenvalue weighted by atomic mass is 10.00. The van der Waals surface area contributed by atoms with Crippen LogP contribution in [0, 0.1) is 0 Å². The summed E-state index contributed by atoms with van der Waals surface area (Å²) in [6.45, 7) is 3.84. The van der Waals surface area contributed by atoms with Crippen LogP contribution in [-0.4, -0.2) is 96.0 Å². The highest BCUT2D eigenvalue weighted by Crippen LogP contribution is 2.24. The summed E-state index contributed by atoms with van der Waals surface area (Å²) in [5.41, 5.74) is 0. The third kappa shape index (κ3) is 39.3. The molecule has 0 aromatic rings. The number of hydrogen-bond donors (Lipinski definition) is 4. The van der Waals surface area contributed by atoms with Crippen LogP contribution in [0.3, 0.4) is 0 Å². The molecule has 0 spiro atoms. The van der Waals surface area contributed by atoms with E-state index >= 15 is 0 Å². The Morgan fingerprint density at radius 1 is 0.441 bits per heavy atom. The summed E-state index contributed by atoms with van der Waals surface area (Å²) in [7, 11) is -4.60. The molecule has 12 nitrogen and oxygen atoms in total. The van der Waals surface area contributed by atoms with Crippen LogP contribution in [0.5, 0.6) is 0 Å². The number of hydrogen-bond acceptors (Lipinski definition) is 11. The highest BCUT2D eigenvalue weighted by Gasteiger charge is 2.46. The van der Waals surface area contributed by atoms with E-state index in [0.29, 0.717) is 12.8 Å². The van der Waals surface area contributed by atoms with Gasteiger partial charge in [-0.05, 0) is 12.8 Å². The van der Waals surface area contributed by atoms with E-state index in [1.807, 2.05) is 0 Å². The van der Waals surface area contributed by atoms with Crippen molar-refractivity contribution in [2.45, 2.75) is 320 Å². The van der Waals surface area contributed by atoms with Gasteiger partial charge in [0.25, 0.3) is 10.1 Å². The molecular weight excluding hydrogens is 885 g/mol. The first-order chi connectivity index (χ1) is 33.0. The first kappa shape index (κ1) is 64.7. The smallest absolute Gasteiger partial charge is 0.306 e. The van der Waals surface area contributed by atoms with E-state index in [2.05, 4.69) is 13.8 Å². The first-order valence-electron chi connectivity index (χ1n) is 28.6. The van der Waals surface area contributed by atoms with Gasteiger partial charge in [0.15, 0.2) is 12.4 Å². The molecular formula is C55H106O12S. The van der Waals surface area contributed by atoms with Crippen molar-refractivity contribution >= 4 is 22.1 Å². The molecule has 1 heterocycles. The number of aliphatic hydroxyl groups excluding tert-OH is 3. The summed E-state index contributed by atoms with van der Waals surface area (Å²) in [5.74, 6) is -1.95. The Morgan fingerprint density at radius 2 is 0.750 bits per heavy atom. The highest BCUT2D eigenvalue weighted by molar-refractivity contribution is 7.85. The SMILES string of the molecule is CCCCCCCCCCCCCCCCCCCCCCC(=O)OC[C@H](CO[C@H]1O[C@H](CS(=O)(=O)O)[C@@H](O)C(O)C1O)OC(=O)CCCCCCCCCCCCCCCCCCCCCC. The maximum absolute atomic E-state index is 12.9. The Labute approximate surface area is 416 Å². The molecule has 13 heteroatoms. The van der Waals surface area contributed by atoms with Gasteiger partial charge in [-0.25, -0.2) is 0 Å². The minimum atomic E-state index is -4.60. The lowest BCUT2D eigenvalue weighted by Crippen LogP contribution is -2.60. The van der Waals surface area contributed by atoms with E-state index in [9.17, 15) is 37.9 Å². The number of aliphatic hydroxyl groups is 3. The van der Waals surface area contributed by atoms with Gasteiger partial charge in [0.2, 0.25) is 0 Å². The lowest BCUT2D eigenvalue weighted by Gasteiger charge is -2.40. The third-order valence-corrected chi connectivity index (χ3v) is 14.4. The molecule has 1 aliphatic rings. The van der Waals surface area contributed by atoms with Gasteiger partial charge in [-0.3, -0.25) is 14.1 Å². The second kappa shape index (κ2) is 45.5.